The summed E-state index contributed by atoms with van der Waals surface area (Å²) < 4.78 is 5.91. The van der Waals surface area contributed by atoms with Crippen molar-refractivity contribution < 1.29 is 9.53 Å². The number of hydrogen-bond donors (Lipinski definition) is 1. The number of carbonyl (C=O) groups excluding carboxylic acids is 1. The van der Waals surface area contributed by atoms with Gasteiger partial charge in [0.05, 0.1) is 18.4 Å². The number of ether oxygens (including phenoxy) is 1. The molecule has 1 fully saturated rings. The average Bonchev–Trinajstić information content (AvgIpc) is 3.03. The van der Waals surface area contributed by atoms with E-state index in [0.717, 1.165) is 29.8 Å². The van der Waals surface area contributed by atoms with Gasteiger partial charge in [0.15, 0.2) is 5.13 Å². The van der Waals surface area contributed by atoms with Gasteiger partial charge in [-0.15, -0.1) is 11.3 Å². The molecule has 0 radical (unpaired) electrons. The number of nitrogens with one attached hydrogen (secondary N) is 1. The summed E-state index contributed by atoms with van der Waals surface area (Å²) in [5.74, 6) is 0.452. The highest BCUT2D eigenvalue weighted by molar-refractivity contribution is 9.10. The Morgan fingerprint density at radius 2 is 2.17 bits per heavy atom. The van der Waals surface area contributed by atoms with Gasteiger partial charge in [0, 0.05) is 16.4 Å². The van der Waals surface area contributed by atoms with Crippen LogP contribution in [-0.4, -0.2) is 36.0 Å². The van der Waals surface area contributed by atoms with Crippen LogP contribution in [0.1, 0.15) is 35.3 Å². The van der Waals surface area contributed by atoms with Crippen molar-refractivity contribution in [3.8, 4) is 5.75 Å². The molecule has 0 atom stereocenters. The number of carbonyl (C=O) groups is 1. The average molecular weight is 410 g/mol. The summed E-state index contributed by atoms with van der Waals surface area (Å²) in [5, 5.41) is 5.52. The second-order valence-electron chi connectivity index (χ2n) is 5.78. The van der Waals surface area contributed by atoms with Crippen molar-refractivity contribution in [2.24, 2.45) is 0 Å². The molecule has 7 heteroatoms. The molecule has 5 nitrogen and oxygen atoms in total. The number of benzene rings is 1. The first-order valence-corrected chi connectivity index (χ1v) is 9.64. The molecule has 1 aliphatic heterocycles. The van der Waals surface area contributed by atoms with Crippen LogP contribution in [0.15, 0.2) is 28.1 Å². The van der Waals surface area contributed by atoms with Crippen LogP contribution in [0.4, 0.5) is 5.13 Å². The van der Waals surface area contributed by atoms with E-state index in [1.54, 1.807) is 25.3 Å². The summed E-state index contributed by atoms with van der Waals surface area (Å²) in [7, 11) is 1.58. The highest BCUT2D eigenvalue weighted by Crippen LogP contribution is 2.25. The fourth-order valence-electron chi connectivity index (χ4n) is 2.75. The first kappa shape index (κ1) is 17.4. The largest absolute Gasteiger partial charge is 0.497 e. The van der Waals surface area contributed by atoms with Crippen molar-refractivity contribution in [1.29, 1.82) is 0 Å². The molecule has 1 N–H and O–H groups in total. The minimum Gasteiger partial charge on any atom is -0.497 e. The molecule has 1 aliphatic rings. The lowest BCUT2D eigenvalue weighted by Gasteiger charge is -2.25. The first-order chi connectivity index (χ1) is 11.7. The molecule has 3 rings (SSSR count). The molecule has 128 valence electrons. The molecule has 0 bridgehead atoms. The molecule has 0 saturated carbocycles. The number of rotatable bonds is 5. The van der Waals surface area contributed by atoms with Crippen LogP contribution < -0.4 is 10.1 Å². The highest BCUT2D eigenvalue weighted by atomic mass is 79.9. The third-order valence-corrected chi connectivity index (χ3v) is 5.52. The standard InChI is InChI=1S/C17H20BrN3O2S/c1-23-13-5-6-15(18)14(9-13)16(22)20-17-19-12(11-24-17)10-21-7-3-2-4-8-21/h5-6,9,11H,2-4,7-8,10H2,1H3,(H,19,20,22). The number of aromatic nitrogens is 1. The highest BCUT2D eigenvalue weighted by Gasteiger charge is 2.15. The topological polar surface area (TPSA) is 54.5 Å². The van der Waals surface area contributed by atoms with E-state index >= 15 is 0 Å². The van der Waals surface area contributed by atoms with Gasteiger partial charge in [-0.3, -0.25) is 15.0 Å². The fraction of sp³-hybridized carbons (Fsp3) is 0.412. The number of thiazole rings is 1. The number of anilines is 1. The van der Waals surface area contributed by atoms with Gasteiger partial charge in [0.25, 0.3) is 5.91 Å². The van der Waals surface area contributed by atoms with E-state index in [1.165, 1.54) is 30.6 Å². The van der Waals surface area contributed by atoms with Crippen molar-refractivity contribution >= 4 is 38.3 Å². The Kier molecular flexibility index (Phi) is 5.86. The number of hydrogen-bond acceptors (Lipinski definition) is 5. The van der Waals surface area contributed by atoms with Crippen molar-refractivity contribution in [2.75, 3.05) is 25.5 Å². The number of piperidine rings is 1. The summed E-state index contributed by atoms with van der Waals surface area (Å²) in [5.41, 5.74) is 1.55. The second kappa shape index (κ2) is 8.09. The summed E-state index contributed by atoms with van der Waals surface area (Å²) in [6.07, 6.45) is 3.85. The van der Waals surface area contributed by atoms with Gasteiger partial charge in [-0.25, -0.2) is 4.98 Å². The molecule has 0 spiro atoms. The minimum atomic E-state index is -0.195. The predicted molar refractivity (Wildman–Crippen MR) is 99.9 cm³/mol. The fourth-order valence-corrected chi connectivity index (χ4v) is 3.88. The predicted octanol–water partition coefficient (Wildman–Crippen LogP) is 4.15. The van der Waals surface area contributed by atoms with Crippen LogP contribution in [0.25, 0.3) is 0 Å². The maximum absolute atomic E-state index is 12.5. The van der Waals surface area contributed by atoms with E-state index in [-0.39, 0.29) is 5.91 Å². The molecule has 2 heterocycles. The number of methoxy groups -OCH3 is 1. The number of halogens is 1. The maximum Gasteiger partial charge on any atom is 0.258 e. The van der Waals surface area contributed by atoms with Gasteiger partial charge in [-0.05, 0) is 60.1 Å². The molecular formula is C17H20BrN3O2S. The Balaban J connectivity index is 1.64. The monoisotopic (exact) mass is 409 g/mol. The molecule has 2 aromatic rings. The molecule has 0 aliphatic carbocycles. The zero-order valence-electron chi connectivity index (χ0n) is 13.5. The number of amides is 1. The van der Waals surface area contributed by atoms with Gasteiger partial charge in [0.2, 0.25) is 0 Å². The van der Waals surface area contributed by atoms with E-state index in [1.807, 2.05) is 5.38 Å². The summed E-state index contributed by atoms with van der Waals surface area (Å²) >= 11 is 4.87. The Morgan fingerprint density at radius 3 is 2.92 bits per heavy atom. The first-order valence-electron chi connectivity index (χ1n) is 7.97. The van der Waals surface area contributed by atoms with Crippen LogP contribution >= 0.6 is 27.3 Å². The summed E-state index contributed by atoms with van der Waals surface area (Å²) in [6.45, 7) is 3.13. The van der Waals surface area contributed by atoms with E-state index in [0.29, 0.717) is 16.4 Å². The summed E-state index contributed by atoms with van der Waals surface area (Å²) in [6, 6.07) is 5.32. The van der Waals surface area contributed by atoms with E-state index in [2.05, 4.69) is 31.1 Å². The van der Waals surface area contributed by atoms with Crippen LogP contribution in [0.3, 0.4) is 0 Å². The van der Waals surface area contributed by atoms with Crippen molar-refractivity contribution in [3.63, 3.8) is 0 Å². The van der Waals surface area contributed by atoms with Crippen molar-refractivity contribution in [3.05, 3.63) is 39.3 Å². The Bertz CT molecular complexity index is 714. The Morgan fingerprint density at radius 1 is 1.38 bits per heavy atom. The van der Waals surface area contributed by atoms with Crippen molar-refractivity contribution in [1.82, 2.24) is 9.88 Å². The van der Waals surface area contributed by atoms with Crippen LogP contribution in [0.2, 0.25) is 0 Å². The molecular weight excluding hydrogens is 390 g/mol. The molecule has 1 saturated heterocycles. The van der Waals surface area contributed by atoms with Crippen molar-refractivity contribution in [2.45, 2.75) is 25.8 Å². The Hall–Kier alpha value is -1.44. The van der Waals surface area contributed by atoms with Gasteiger partial charge in [-0.1, -0.05) is 6.42 Å². The summed E-state index contributed by atoms with van der Waals surface area (Å²) in [4.78, 5) is 19.4. The molecule has 0 unspecified atom stereocenters. The van der Waals surface area contributed by atoms with Gasteiger partial charge in [0.1, 0.15) is 5.75 Å². The number of likely N-dealkylation sites (tertiary alicyclic amines) is 1. The lowest BCUT2D eigenvalue weighted by atomic mass is 10.1. The smallest absolute Gasteiger partial charge is 0.258 e. The number of nitrogens with zero attached hydrogens (tertiary/aromatic N) is 2. The quantitative estimate of drug-likeness (QED) is 0.805. The normalized spacial score (nSPS) is 15.2. The van der Waals surface area contributed by atoms with Crippen LogP contribution in [-0.2, 0) is 6.54 Å². The molecule has 1 aromatic heterocycles. The third kappa shape index (κ3) is 4.34. The van der Waals surface area contributed by atoms with Gasteiger partial charge < -0.3 is 4.74 Å². The molecule has 1 amide bonds. The lowest BCUT2D eigenvalue weighted by Crippen LogP contribution is -2.29. The maximum atomic E-state index is 12.5. The zero-order valence-corrected chi connectivity index (χ0v) is 16.0. The zero-order chi connectivity index (χ0) is 16.9. The third-order valence-electron chi connectivity index (χ3n) is 4.02. The van der Waals surface area contributed by atoms with Crippen LogP contribution in [0, 0.1) is 0 Å². The van der Waals surface area contributed by atoms with E-state index in [4.69, 9.17) is 4.74 Å². The van der Waals surface area contributed by atoms with Gasteiger partial charge >= 0.3 is 0 Å². The second-order valence-corrected chi connectivity index (χ2v) is 7.49. The lowest BCUT2D eigenvalue weighted by molar-refractivity contribution is 0.102. The Labute approximate surface area is 154 Å². The van der Waals surface area contributed by atoms with Crippen LogP contribution in [0.5, 0.6) is 5.75 Å². The SMILES string of the molecule is COc1ccc(Br)c(C(=O)Nc2nc(CN3CCCCC3)cs2)c1. The van der Waals surface area contributed by atoms with E-state index < -0.39 is 0 Å². The van der Waals surface area contributed by atoms with Gasteiger partial charge in [-0.2, -0.15) is 0 Å². The minimum absolute atomic E-state index is 0.195. The molecule has 24 heavy (non-hydrogen) atoms. The molecule has 1 aromatic carbocycles. The van der Waals surface area contributed by atoms with E-state index in [9.17, 15) is 4.79 Å².